The van der Waals surface area contributed by atoms with E-state index in [1.165, 1.54) is 17.7 Å². The molecule has 1 aromatic heterocycles. The van der Waals surface area contributed by atoms with Gasteiger partial charge in [-0.25, -0.2) is 13.8 Å². The fourth-order valence-corrected chi connectivity index (χ4v) is 5.88. The van der Waals surface area contributed by atoms with Gasteiger partial charge in [-0.3, -0.25) is 9.59 Å². The molecule has 9 heteroatoms. The van der Waals surface area contributed by atoms with Crippen molar-refractivity contribution in [2.45, 2.75) is 38.3 Å². The van der Waals surface area contributed by atoms with E-state index in [4.69, 9.17) is 0 Å². The molecule has 0 spiro atoms. The normalized spacial score (nSPS) is 19.3. The fourth-order valence-electron chi connectivity index (χ4n) is 5.88. The summed E-state index contributed by atoms with van der Waals surface area (Å²) < 4.78 is 28.1. The van der Waals surface area contributed by atoms with Crippen molar-refractivity contribution in [2.24, 2.45) is 0 Å². The molecule has 202 valence electrons. The zero-order valence-corrected chi connectivity index (χ0v) is 21.7. The Balaban J connectivity index is 1.21. The molecule has 2 saturated heterocycles. The van der Waals surface area contributed by atoms with Crippen LogP contribution >= 0.6 is 0 Å². The van der Waals surface area contributed by atoms with Gasteiger partial charge in [0.25, 0.3) is 5.91 Å². The van der Waals surface area contributed by atoms with E-state index in [1.807, 2.05) is 35.2 Å². The molecule has 2 aromatic carbocycles. The zero-order valence-electron chi connectivity index (χ0n) is 21.7. The van der Waals surface area contributed by atoms with Crippen LogP contribution < -0.4 is 10.2 Å². The Morgan fingerprint density at radius 1 is 0.974 bits per heavy atom. The molecule has 0 radical (unpaired) electrons. The number of likely N-dealkylation sites (tertiary alicyclic amines) is 2. The van der Waals surface area contributed by atoms with Gasteiger partial charge in [-0.05, 0) is 80.7 Å². The number of pyridine rings is 1. The second kappa shape index (κ2) is 10.7. The quantitative estimate of drug-likeness (QED) is 0.500. The summed E-state index contributed by atoms with van der Waals surface area (Å²) in [5.74, 6) is -0.841. The first-order chi connectivity index (χ1) is 19.0. The molecule has 1 N–H and O–H groups in total. The number of hydrogen-bond acceptors (Lipinski definition) is 5. The number of fused-ring (bicyclic) bond motifs is 1. The number of aromatic nitrogens is 1. The molecular formula is C30H31F2N5O2. The van der Waals surface area contributed by atoms with Gasteiger partial charge >= 0.3 is 0 Å². The average molecular weight is 532 g/mol. The van der Waals surface area contributed by atoms with Crippen LogP contribution in [0.15, 0.2) is 54.7 Å². The monoisotopic (exact) mass is 531 g/mol. The number of rotatable bonds is 6. The van der Waals surface area contributed by atoms with Gasteiger partial charge in [0.2, 0.25) is 5.91 Å². The van der Waals surface area contributed by atoms with Crippen LogP contribution in [0.5, 0.6) is 0 Å². The van der Waals surface area contributed by atoms with Gasteiger partial charge in [0.1, 0.15) is 11.6 Å². The van der Waals surface area contributed by atoms with Crippen LogP contribution in [-0.4, -0.2) is 65.4 Å². The van der Waals surface area contributed by atoms with Crippen LogP contribution in [0.3, 0.4) is 0 Å². The molecule has 2 fully saturated rings. The van der Waals surface area contributed by atoms with E-state index in [2.05, 4.69) is 15.2 Å². The number of carbonyl (C=O) groups excluding carboxylic acids is 2. The number of carbonyl (C=O) groups is 2. The molecule has 2 amide bonds. The Labute approximate surface area is 226 Å². The van der Waals surface area contributed by atoms with Crippen molar-refractivity contribution in [3.63, 3.8) is 0 Å². The minimum atomic E-state index is -0.575. The summed E-state index contributed by atoms with van der Waals surface area (Å²) in [4.78, 5) is 36.5. The third-order valence-corrected chi connectivity index (χ3v) is 7.97. The highest BCUT2D eigenvalue weighted by atomic mass is 19.1. The summed E-state index contributed by atoms with van der Waals surface area (Å²) in [6.07, 6.45) is 6.26. The van der Waals surface area contributed by atoms with Gasteiger partial charge in [-0.1, -0.05) is 12.1 Å². The standard InChI is InChI=1S/C30H31F2N5O2/c31-24-9-10-26(32)23(14-24)18-37-27-15-22(16-33-29(27)34-17-28(37)38)20-5-7-21(8-6-20)30(39)36-13-3-4-25(36)19-35-11-1-2-12-35/h5-10,14-16,25H,1-4,11-13,17-19H2,(H,33,34). The molecule has 3 aromatic rings. The summed E-state index contributed by atoms with van der Waals surface area (Å²) >= 11 is 0. The summed E-state index contributed by atoms with van der Waals surface area (Å²) in [5.41, 5.74) is 2.83. The van der Waals surface area contributed by atoms with Gasteiger partial charge in [0, 0.05) is 42.0 Å². The Hall–Kier alpha value is -3.85. The van der Waals surface area contributed by atoms with E-state index in [0.29, 0.717) is 17.1 Å². The lowest BCUT2D eigenvalue weighted by molar-refractivity contribution is -0.117. The molecule has 6 rings (SSSR count). The van der Waals surface area contributed by atoms with Crippen LogP contribution in [0.2, 0.25) is 0 Å². The van der Waals surface area contributed by atoms with Crippen LogP contribution in [0.25, 0.3) is 11.1 Å². The van der Waals surface area contributed by atoms with Gasteiger partial charge in [0.05, 0.1) is 18.8 Å². The minimum Gasteiger partial charge on any atom is -0.359 e. The van der Waals surface area contributed by atoms with E-state index < -0.39 is 11.6 Å². The predicted octanol–water partition coefficient (Wildman–Crippen LogP) is 4.69. The Morgan fingerprint density at radius 3 is 2.56 bits per heavy atom. The number of amides is 2. The summed E-state index contributed by atoms with van der Waals surface area (Å²) in [6.45, 7) is 3.89. The number of nitrogens with zero attached hydrogens (tertiary/aromatic N) is 4. The maximum atomic E-state index is 14.3. The van der Waals surface area contributed by atoms with Crippen molar-refractivity contribution in [2.75, 3.05) is 42.9 Å². The molecule has 3 aliphatic heterocycles. The van der Waals surface area contributed by atoms with E-state index in [1.54, 1.807) is 6.20 Å². The molecule has 4 heterocycles. The minimum absolute atomic E-state index is 0.0162. The first-order valence-electron chi connectivity index (χ1n) is 13.6. The largest absolute Gasteiger partial charge is 0.359 e. The highest BCUT2D eigenvalue weighted by molar-refractivity contribution is 6.02. The number of nitrogens with one attached hydrogen (secondary N) is 1. The first kappa shape index (κ1) is 25.4. The average Bonchev–Trinajstić information content (AvgIpc) is 3.64. The highest BCUT2D eigenvalue weighted by Gasteiger charge is 2.31. The topological polar surface area (TPSA) is 68.8 Å². The zero-order chi connectivity index (χ0) is 26.9. The van der Waals surface area contributed by atoms with Gasteiger partial charge < -0.3 is 20.0 Å². The second-order valence-corrected chi connectivity index (χ2v) is 10.5. The molecule has 3 aliphatic rings. The lowest BCUT2D eigenvalue weighted by atomic mass is 10.0. The highest BCUT2D eigenvalue weighted by Crippen LogP contribution is 2.34. The SMILES string of the molecule is O=C1CNc2ncc(-c3ccc(C(=O)N4CCCC4CN4CCCC4)cc3)cc2N1Cc1cc(F)ccc1F. The molecule has 0 aliphatic carbocycles. The summed E-state index contributed by atoms with van der Waals surface area (Å²) in [6, 6.07) is 12.7. The molecule has 0 bridgehead atoms. The Kier molecular flexibility index (Phi) is 6.99. The second-order valence-electron chi connectivity index (χ2n) is 10.5. The van der Waals surface area contributed by atoms with Crippen molar-refractivity contribution in [3.8, 4) is 11.1 Å². The van der Waals surface area contributed by atoms with Crippen LogP contribution in [0, 0.1) is 11.6 Å². The maximum Gasteiger partial charge on any atom is 0.254 e. The Bertz CT molecular complexity index is 1390. The predicted molar refractivity (Wildman–Crippen MR) is 145 cm³/mol. The number of hydrogen-bond donors (Lipinski definition) is 1. The molecule has 1 unspecified atom stereocenters. The molecular weight excluding hydrogens is 500 g/mol. The van der Waals surface area contributed by atoms with Crippen LogP contribution in [0.4, 0.5) is 20.3 Å². The summed E-state index contributed by atoms with van der Waals surface area (Å²) in [5, 5.41) is 2.99. The van der Waals surface area contributed by atoms with E-state index >= 15 is 0 Å². The number of halogens is 2. The van der Waals surface area contributed by atoms with E-state index in [-0.39, 0.29) is 36.5 Å². The van der Waals surface area contributed by atoms with Crippen molar-refractivity contribution >= 4 is 23.3 Å². The summed E-state index contributed by atoms with van der Waals surface area (Å²) in [7, 11) is 0. The van der Waals surface area contributed by atoms with Gasteiger partial charge in [-0.2, -0.15) is 0 Å². The molecule has 7 nitrogen and oxygen atoms in total. The van der Waals surface area contributed by atoms with E-state index in [0.717, 1.165) is 68.3 Å². The van der Waals surface area contributed by atoms with Gasteiger partial charge in [-0.15, -0.1) is 0 Å². The fraction of sp³-hybridized carbons (Fsp3) is 0.367. The smallest absolute Gasteiger partial charge is 0.254 e. The Morgan fingerprint density at radius 2 is 1.77 bits per heavy atom. The maximum absolute atomic E-state index is 14.3. The third-order valence-electron chi connectivity index (χ3n) is 7.97. The van der Waals surface area contributed by atoms with Crippen LogP contribution in [-0.2, 0) is 11.3 Å². The molecule has 1 atom stereocenters. The van der Waals surface area contributed by atoms with Gasteiger partial charge in [0.15, 0.2) is 5.82 Å². The lowest BCUT2D eigenvalue weighted by Crippen LogP contribution is -2.42. The van der Waals surface area contributed by atoms with Crippen molar-refractivity contribution in [3.05, 3.63) is 77.5 Å². The first-order valence-corrected chi connectivity index (χ1v) is 13.6. The number of benzene rings is 2. The van der Waals surface area contributed by atoms with Crippen molar-refractivity contribution < 1.29 is 18.4 Å². The third kappa shape index (κ3) is 5.23. The molecule has 39 heavy (non-hydrogen) atoms. The lowest BCUT2D eigenvalue weighted by Gasteiger charge is -2.30. The van der Waals surface area contributed by atoms with Crippen molar-refractivity contribution in [1.29, 1.82) is 0 Å². The van der Waals surface area contributed by atoms with Crippen LogP contribution in [0.1, 0.15) is 41.6 Å². The molecule has 0 saturated carbocycles. The van der Waals surface area contributed by atoms with Crippen molar-refractivity contribution in [1.82, 2.24) is 14.8 Å². The van der Waals surface area contributed by atoms with E-state index in [9.17, 15) is 18.4 Å². The number of anilines is 2.